The largest absolute Gasteiger partial charge is 2.00 e. The van der Waals surface area contributed by atoms with E-state index in [1.165, 1.54) is 0 Å². The summed E-state index contributed by atoms with van der Waals surface area (Å²) in [6.07, 6.45) is -1.56. The molecule has 3 aromatic heterocycles. The van der Waals surface area contributed by atoms with Crippen LogP contribution in [-0.4, -0.2) is 48.2 Å². The van der Waals surface area contributed by atoms with Gasteiger partial charge in [-0.25, -0.2) is 9.97 Å². The Morgan fingerprint density at radius 1 is 0.711 bits per heavy atom. The van der Waals surface area contributed by atoms with Crippen LogP contribution < -0.4 is 10.2 Å². The number of aliphatic hydroxyl groups excluding tert-OH is 2. The quantitative estimate of drug-likeness (QED) is 0.268. The fourth-order valence-corrected chi connectivity index (χ4v) is 6.30. The Kier molecular flexibility index (Phi) is 9.89. The minimum absolute atomic E-state index is 0. The van der Waals surface area contributed by atoms with Gasteiger partial charge in [-0.15, -0.1) is 0 Å². The van der Waals surface area contributed by atoms with Gasteiger partial charge < -0.3 is 40.0 Å². The van der Waals surface area contributed by atoms with Gasteiger partial charge in [0.15, 0.2) is 0 Å². The monoisotopic (exact) mass is 651 g/mol. The summed E-state index contributed by atoms with van der Waals surface area (Å²) in [6.45, 7) is 11.0. The molecule has 0 fully saturated rings. The third-order valence-corrected chi connectivity index (χ3v) is 8.63. The van der Waals surface area contributed by atoms with Gasteiger partial charge in [0, 0.05) is 45.1 Å². The molecule has 235 valence electrons. The van der Waals surface area contributed by atoms with Crippen molar-refractivity contribution in [3.05, 3.63) is 69.3 Å². The number of aromatic amines is 2. The van der Waals surface area contributed by atoms with Crippen molar-refractivity contribution in [1.29, 1.82) is 0 Å². The first kappa shape index (κ1) is 33.9. The maximum atomic E-state index is 11.4. The van der Waals surface area contributed by atoms with Gasteiger partial charge in [-0.05, 0) is 125 Å². The van der Waals surface area contributed by atoms with E-state index in [9.17, 15) is 30.0 Å². The van der Waals surface area contributed by atoms with Crippen LogP contribution in [0.2, 0.25) is 0 Å². The van der Waals surface area contributed by atoms with Crippen LogP contribution in [-0.2, 0) is 33.1 Å². The Morgan fingerprint density at radius 3 is 1.84 bits per heavy atom. The van der Waals surface area contributed by atoms with E-state index in [1.54, 1.807) is 13.8 Å². The molecule has 0 spiro atoms. The number of nitrogens with zero attached hydrogens (tertiary/aromatic N) is 2. The van der Waals surface area contributed by atoms with Crippen LogP contribution in [0.1, 0.15) is 98.1 Å². The molecule has 0 aliphatic carbocycles. The molecule has 10 nitrogen and oxygen atoms in total. The number of aromatic nitrogens is 4. The van der Waals surface area contributed by atoms with Crippen LogP contribution in [0.4, 0.5) is 0 Å². The zero-order chi connectivity index (χ0) is 32.0. The van der Waals surface area contributed by atoms with Gasteiger partial charge in [0.05, 0.1) is 35.0 Å². The molecule has 2 aliphatic rings. The molecule has 3 aromatic rings. The van der Waals surface area contributed by atoms with Crippen LogP contribution in [0.25, 0.3) is 44.4 Å². The van der Waals surface area contributed by atoms with E-state index in [-0.39, 0.29) is 42.8 Å². The number of aryl methyl sites for hydroxylation is 3. The number of fused-ring (bicyclic) bond motifs is 8. The van der Waals surface area contributed by atoms with E-state index in [0.717, 1.165) is 38.9 Å². The van der Waals surface area contributed by atoms with Gasteiger partial charge in [-0.2, -0.15) is 0 Å². The second kappa shape index (κ2) is 13.1. The number of aliphatic hydroxyl groups is 2. The number of allylic oxidation sites excluding steroid dienone is 3. The number of nitrogens with one attached hydrogen (secondary N) is 2. The van der Waals surface area contributed by atoms with Gasteiger partial charge in [-0.1, -0.05) is 0 Å². The maximum Gasteiger partial charge on any atom is 2.00 e. The Labute approximate surface area is 271 Å². The molecule has 45 heavy (non-hydrogen) atoms. The van der Waals surface area contributed by atoms with E-state index in [0.29, 0.717) is 50.5 Å². The van der Waals surface area contributed by atoms with Crippen molar-refractivity contribution < 1.29 is 47.1 Å². The Bertz CT molecular complexity index is 1930. The van der Waals surface area contributed by atoms with E-state index in [1.807, 2.05) is 52.0 Å². The van der Waals surface area contributed by atoms with E-state index < -0.39 is 24.1 Å². The smallest absolute Gasteiger partial charge is 0.550 e. The number of carboxylic acid groups (broad SMARTS) is 2. The first-order chi connectivity index (χ1) is 20.8. The van der Waals surface area contributed by atoms with Crippen molar-refractivity contribution in [3.8, 4) is 0 Å². The van der Waals surface area contributed by atoms with Crippen molar-refractivity contribution >= 4 is 56.3 Å². The van der Waals surface area contributed by atoms with Crippen molar-refractivity contribution in [1.82, 2.24) is 19.9 Å². The zero-order valence-electron chi connectivity index (χ0n) is 26.1. The molecule has 4 N–H and O–H groups in total. The summed E-state index contributed by atoms with van der Waals surface area (Å²) in [5.74, 6) is -2.34. The molecule has 0 aromatic carbocycles. The summed E-state index contributed by atoms with van der Waals surface area (Å²) >= 11 is 0. The maximum absolute atomic E-state index is 11.4. The average molecular weight is 652 g/mol. The molecule has 11 heteroatoms. The predicted molar refractivity (Wildman–Crippen MR) is 165 cm³/mol. The topological polar surface area (TPSA) is 178 Å². The van der Waals surface area contributed by atoms with Gasteiger partial charge in [-0.3, -0.25) is 0 Å². The number of carboxylic acids is 2. The van der Waals surface area contributed by atoms with Gasteiger partial charge >= 0.3 is 17.1 Å². The molecule has 0 saturated carbocycles. The molecule has 0 saturated heterocycles. The number of hydrogen-bond acceptors (Lipinski definition) is 8. The van der Waals surface area contributed by atoms with E-state index in [4.69, 9.17) is 9.97 Å². The Balaban J connectivity index is 0.00000461. The second-order valence-electron chi connectivity index (χ2n) is 11.6. The van der Waals surface area contributed by atoms with Crippen LogP contribution in [0, 0.1) is 13.8 Å². The number of rotatable bonds is 8. The fourth-order valence-electron chi connectivity index (χ4n) is 6.30. The standard InChI is InChI=1S/C34H38N4O6.Mn/c1-15-21(7-9-31(41)42)27-14-28-22(8-10-32(43)44)16(2)24(36-28)12-29-34(20(6)40)18(4)26(38-29)13-30-33(19(5)39)17(3)25(37-30)11-23(15)35-27;/h11-14,19-20,36-37,39-40H,7-10H2,1-6H3,(H,41,42)(H,43,44);/q;+2/p-2. The van der Waals surface area contributed by atoms with Crippen molar-refractivity contribution in [2.75, 3.05) is 0 Å². The molecule has 5 rings (SSSR count). The van der Waals surface area contributed by atoms with Crippen LogP contribution in [0.15, 0.2) is 24.3 Å². The summed E-state index contributed by atoms with van der Waals surface area (Å²) in [5, 5.41) is 44.4. The Morgan fingerprint density at radius 2 is 1.22 bits per heavy atom. The van der Waals surface area contributed by atoms with E-state index in [2.05, 4.69) is 9.97 Å². The third kappa shape index (κ3) is 6.53. The van der Waals surface area contributed by atoms with Gasteiger partial charge in [0.2, 0.25) is 0 Å². The first-order valence-electron chi connectivity index (χ1n) is 14.7. The molecule has 8 bridgehead atoms. The van der Waals surface area contributed by atoms with Crippen molar-refractivity contribution in [2.24, 2.45) is 0 Å². The summed E-state index contributed by atoms with van der Waals surface area (Å²) in [4.78, 5) is 39.5. The molecule has 5 heterocycles. The SMILES string of the molecule is CC1=C(CCC(=O)[O-])c2cc3[nH]c(cc4nc(cc5[nH]c(cc1n2)c(C)c5C(C)O)C(C)=C4C(C)O)c(C)c3CCC(=O)[O-].[Mn+2]. The third-order valence-electron chi connectivity index (χ3n) is 8.63. The minimum Gasteiger partial charge on any atom is -0.550 e. The van der Waals surface area contributed by atoms with Crippen molar-refractivity contribution in [3.63, 3.8) is 0 Å². The molecule has 1 radical (unpaired) electrons. The number of carbonyl (C=O) groups excluding carboxylic acids is 2. The molecule has 2 atom stereocenters. The molecule has 2 aliphatic heterocycles. The normalized spacial score (nSPS) is 14.4. The number of hydrogen-bond donors (Lipinski definition) is 4. The minimum atomic E-state index is -1.17. The Hall–Kier alpha value is -4.02. The summed E-state index contributed by atoms with van der Waals surface area (Å²) in [7, 11) is 0. The van der Waals surface area contributed by atoms with Crippen LogP contribution >= 0.6 is 0 Å². The number of aliphatic carboxylic acids is 2. The zero-order valence-corrected chi connectivity index (χ0v) is 27.3. The molecule has 0 amide bonds. The van der Waals surface area contributed by atoms with E-state index >= 15 is 0 Å². The molecule has 2 unspecified atom stereocenters. The fraction of sp³-hybridized carbons (Fsp3) is 0.353. The van der Waals surface area contributed by atoms with Crippen LogP contribution in [0.5, 0.6) is 0 Å². The summed E-state index contributed by atoms with van der Waals surface area (Å²) in [5.41, 5.74) is 11.3. The van der Waals surface area contributed by atoms with Gasteiger partial charge in [0.1, 0.15) is 0 Å². The molecular weight excluding hydrogens is 615 g/mol. The van der Waals surface area contributed by atoms with Gasteiger partial charge in [0.25, 0.3) is 0 Å². The summed E-state index contributed by atoms with van der Waals surface area (Å²) in [6, 6.07) is 7.41. The average Bonchev–Trinajstić information content (AvgIpc) is 3.59. The van der Waals surface area contributed by atoms with Crippen molar-refractivity contribution in [2.45, 2.75) is 79.4 Å². The predicted octanol–water partition coefficient (Wildman–Crippen LogP) is 3.44. The first-order valence-corrected chi connectivity index (χ1v) is 14.7. The summed E-state index contributed by atoms with van der Waals surface area (Å²) < 4.78 is 0. The second-order valence-corrected chi connectivity index (χ2v) is 11.6. The number of carbonyl (C=O) groups is 2. The molecular formula is C34H36MnN4O6. The van der Waals surface area contributed by atoms with Crippen LogP contribution in [0.3, 0.4) is 0 Å². The number of H-pyrrole nitrogens is 2.